The number of carbonyl (C=O) groups is 1. The molecular formula is C18H22F3N3O2. The van der Waals surface area contributed by atoms with E-state index in [1.807, 2.05) is 13.8 Å². The van der Waals surface area contributed by atoms with Crippen molar-refractivity contribution in [3.8, 4) is 0 Å². The van der Waals surface area contributed by atoms with E-state index in [0.29, 0.717) is 43.6 Å². The van der Waals surface area contributed by atoms with Crippen LogP contribution in [0, 0.1) is 0 Å². The Labute approximate surface area is 150 Å². The maximum Gasteiger partial charge on any atom is 0.416 e. The second-order valence-electron chi connectivity index (χ2n) is 7.16. The van der Waals surface area contributed by atoms with Crippen LogP contribution in [0.5, 0.6) is 0 Å². The Kier molecular flexibility index (Phi) is 4.86. The summed E-state index contributed by atoms with van der Waals surface area (Å²) in [6.07, 6.45) is -2.73. The van der Waals surface area contributed by atoms with Gasteiger partial charge in [0.1, 0.15) is 5.60 Å². The first-order valence-electron chi connectivity index (χ1n) is 8.67. The van der Waals surface area contributed by atoms with Crippen LogP contribution in [0.1, 0.15) is 44.2 Å². The molecule has 0 unspecified atom stereocenters. The van der Waals surface area contributed by atoms with Crippen molar-refractivity contribution in [1.29, 1.82) is 0 Å². The van der Waals surface area contributed by atoms with E-state index in [9.17, 15) is 18.0 Å². The van der Waals surface area contributed by atoms with Crippen LogP contribution in [0.25, 0.3) is 0 Å². The number of likely N-dealkylation sites (tertiary alicyclic amines) is 1. The number of alkyl halides is 3. The Morgan fingerprint density at radius 3 is 2.62 bits per heavy atom. The number of amides is 2. The van der Waals surface area contributed by atoms with E-state index in [4.69, 9.17) is 4.84 Å². The first-order chi connectivity index (χ1) is 12.2. The van der Waals surface area contributed by atoms with Crippen LogP contribution in [-0.2, 0) is 11.0 Å². The highest BCUT2D eigenvalue weighted by Gasteiger charge is 2.43. The van der Waals surface area contributed by atoms with E-state index in [1.165, 1.54) is 6.07 Å². The minimum Gasteiger partial charge on any atom is -0.388 e. The quantitative estimate of drug-likeness (QED) is 0.863. The SMILES string of the molecule is CC(C)NC(=O)N1CCC2(CC1)CC(c1cccc(C(F)(F)F)c1)=NO2. The van der Waals surface area contributed by atoms with Crippen molar-refractivity contribution in [3.63, 3.8) is 0 Å². The van der Waals surface area contributed by atoms with Gasteiger partial charge >= 0.3 is 12.2 Å². The molecule has 2 amide bonds. The lowest BCUT2D eigenvalue weighted by Gasteiger charge is -2.37. The van der Waals surface area contributed by atoms with E-state index >= 15 is 0 Å². The zero-order chi connectivity index (χ0) is 18.9. The van der Waals surface area contributed by atoms with Gasteiger partial charge in [0.25, 0.3) is 0 Å². The number of rotatable bonds is 2. The van der Waals surface area contributed by atoms with Gasteiger partial charge in [0.2, 0.25) is 0 Å². The van der Waals surface area contributed by atoms with E-state index in [2.05, 4.69) is 10.5 Å². The van der Waals surface area contributed by atoms with Crippen molar-refractivity contribution in [3.05, 3.63) is 35.4 Å². The zero-order valence-electron chi connectivity index (χ0n) is 14.8. The molecule has 0 bridgehead atoms. The predicted octanol–water partition coefficient (Wildman–Crippen LogP) is 3.78. The topological polar surface area (TPSA) is 53.9 Å². The van der Waals surface area contributed by atoms with Crippen LogP contribution in [0.3, 0.4) is 0 Å². The monoisotopic (exact) mass is 369 g/mol. The first-order valence-corrected chi connectivity index (χ1v) is 8.67. The van der Waals surface area contributed by atoms with Crippen molar-refractivity contribution in [1.82, 2.24) is 10.2 Å². The predicted molar refractivity (Wildman–Crippen MR) is 90.9 cm³/mol. The van der Waals surface area contributed by atoms with Gasteiger partial charge < -0.3 is 15.1 Å². The summed E-state index contributed by atoms with van der Waals surface area (Å²) in [5.41, 5.74) is -0.273. The molecule has 0 saturated carbocycles. The van der Waals surface area contributed by atoms with Gasteiger partial charge in [0, 0.05) is 44.0 Å². The number of nitrogens with zero attached hydrogens (tertiary/aromatic N) is 2. The molecule has 1 saturated heterocycles. The third-order valence-corrected chi connectivity index (χ3v) is 4.74. The fourth-order valence-electron chi connectivity index (χ4n) is 3.28. The van der Waals surface area contributed by atoms with Crippen LogP contribution in [0.2, 0.25) is 0 Å². The van der Waals surface area contributed by atoms with Crippen LogP contribution < -0.4 is 5.32 Å². The third kappa shape index (κ3) is 3.94. The summed E-state index contributed by atoms with van der Waals surface area (Å²) in [7, 11) is 0. The molecule has 8 heteroatoms. The summed E-state index contributed by atoms with van der Waals surface area (Å²) < 4.78 is 38.7. The van der Waals surface area contributed by atoms with E-state index in [-0.39, 0.29) is 12.1 Å². The number of carbonyl (C=O) groups excluding carboxylic acids is 1. The van der Waals surface area contributed by atoms with Crippen molar-refractivity contribution in [2.24, 2.45) is 5.16 Å². The molecule has 1 fully saturated rings. The summed E-state index contributed by atoms with van der Waals surface area (Å²) in [6.45, 7) is 4.87. The summed E-state index contributed by atoms with van der Waals surface area (Å²) in [6, 6.07) is 5.10. The summed E-state index contributed by atoms with van der Waals surface area (Å²) >= 11 is 0. The van der Waals surface area contributed by atoms with Crippen molar-refractivity contribution < 1.29 is 22.8 Å². The maximum absolute atomic E-state index is 12.9. The molecule has 1 N–H and O–H groups in total. The van der Waals surface area contributed by atoms with Gasteiger partial charge in [0.05, 0.1) is 11.3 Å². The molecule has 3 rings (SSSR count). The van der Waals surface area contributed by atoms with Crippen molar-refractivity contribution in [2.45, 2.75) is 50.9 Å². The highest BCUT2D eigenvalue weighted by Crippen LogP contribution is 2.37. The Balaban J connectivity index is 1.63. The maximum atomic E-state index is 12.9. The standard InChI is InChI=1S/C18H22F3N3O2/c1-12(2)22-16(25)24-8-6-17(7-9-24)11-15(23-26-17)13-4-3-5-14(10-13)18(19,20)21/h3-5,10,12H,6-9,11H2,1-2H3,(H,22,25). The Hall–Kier alpha value is -2.25. The molecule has 0 aromatic heterocycles. The molecule has 5 nitrogen and oxygen atoms in total. The summed E-state index contributed by atoms with van der Waals surface area (Å²) in [4.78, 5) is 19.4. The largest absolute Gasteiger partial charge is 0.416 e. The second kappa shape index (κ2) is 6.81. The van der Waals surface area contributed by atoms with Crippen LogP contribution in [0.4, 0.5) is 18.0 Å². The molecule has 1 aromatic rings. The average molecular weight is 369 g/mol. The van der Waals surface area contributed by atoms with Crippen LogP contribution in [-0.4, -0.2) is 41.4 Å². The second-order valence-corrected chi connectivity index (χ2v) is 7.16. The highest BCUT2D eigenvalue weighted by molar-refractivity contribution is 6.01. The number of hydrogen-bond acceptors (Lipinski definition) is 3. The number of nitrogens with one attached hydrogen (secondary N) is 1. The van der Waals surface area contributed by atoms with Gasteiger partial charge in [0.15, 0.2) is 0 Å². The minimum absolute atomic E-state index is 0.0666. The van der Waals surface area contributed by atoms with Crippen LogP contribution >= 0.6 is 0 Å². The molecule has 2 aliphatic rings. The third-order valence-electron chi connectivity index (χ3n) is 4.74. The van der Waals surface area contributed by atoms with Crippen LogP contribution in [0.15, 0.2) is 29.4 Å². The van der Waals surface area contributed by atoms with Gasteiger partial charge in [-0.1, -0.05) is 17.3 Å². The summed E-state index contributed by atoms with van der Waals surface area (Å²) in [5.74, 6) is 0. The Bertz CT molecular complexity index is 708. The number of benzene rings is 1. The minimum atomic E-state index is -4.39. The van der Waals surface area contributed by atoms with Crippen molar-refractivity contribution in [2.75, 3.05) is 13.1 Å². The van der Waals surface area contributed by atoms with Gasteiger partial charge in [-0.15, -0.1) is 0 Å². The van der Waals surface area contributed by atoms with E-state index < -0.39 is 17.3 Å². The molecular weight excluding hydrogens is 347 g/mol. The Morgan fingerprint density at radius 1 is 1.31 bits per heavy atom. The first kappa shape index (κ1) is 18.5. The number of hydrogen-bond donors (Lipinski definition) is 1. The van der Waals surface area contributed by atoms with Gasteiger partial charge in [-0.25, -0.2) is 4.79 Å². The molecule has 2 heterocycles. The average Bonchev–Trinajstić information content (AvgIpc) is 2.98. The zero-order valence-corrected chi connectivity index (χ0v) is 14.8. The molecule has 0 aliphatic carbocycles. The molecule has 2 aliphatic heterocycles. The fraction of sp³-hybridized carbons (Fsp3) is 0.556. The molecule has 142 valence electrons. The van der Waals surface area contributed by atoms with Gasteiger partial charge in [-0.05, 0) is 26.0 Å². The van der Waals surface area contributed by atoms with Gasteiger partial charge in [-0.3, -0.25) is 0 Å². The summed E-state index contributed by atoms with van der Waals surface area (Å²) in [5, 5.41) is 6.91. The smallest absolute Gasteiger partial charge is 0.388 e. The molecule has 26 heavy (non-hydrogen) atoms. The molecule has 0 radical (unpaired) electrons. The Morgan fingerprint density at radius 2 is 2.00 bits per heavy atom. The molecule has 1 aromatic carbocycles. The number of piperidine rings is 1. The van der Waals surface area contributed by atoms with E-state index in [1.54, 1.807) is 11.0 Å². The number of oxime groups is 1. The normalized spacial score (nSPS) is 19.5. The molecule has 1 spiro atoms. The fourth-order valence-corrected chi connectivity index (χ4v) is 3.28. The molecule has 0 atom stereocenters. The van der Waals surface area contributed by atoms with Crippen molar-refractivity contribution >= 4 is 11.7 Å². The lowest BCUT2D eigenvalue weighted by atomic mass is 9.85. The lowest BCUT2D eigenvalue weighted by molar-refractivity contribution is -0.137. The number of urea groups is 1. The number of halogens is 3. The van der Waals surface area contributed by atoms with E-state index in [0.717, 1.165) is 12.1 Å². The highest BCUT2D eigenvalue weighted by atomic mass is 19.4. The lowest BCUT2D eigenvalue weighted by Crippen LogP contribution is -2.51. The van der Waals surface area contributed by atoms with Gasteiger partial charge in [-0.2, -0.15) is 13.2 Å².